The average molecular weight is 568 g/mol. The van der Waals surface area contributed by atoms with E-state index in [9.17, 15) is 5.11 Å². The van der Waals surface area contributed by atoms with E-state index in [1.807, 2.05) is 32.2 Å². The van der Waals surface area contributed by atoms with Gasteiger partial charge in [-0.05, 0) is 68.4 Å². The summed E-state index contributed by atoms with van der Waals surface area (Å²) in [6.45, 7) is 6.82. The lowest BCUT2D eigenvalue weighted by atomic mass is 9.94. The number of aliphatic hydroxyl groups excluding tert-OH is 1. The van der Waals surface area contributed by atoms with Gasteiger partial charge in [0.1, 0.15) is 30.0 Å². The first-order chi connectivity index (χ1) is 19.3. The molecule has 212 valence electrons. The number of allylic oxidation sites excluding steroid dienone is 1. The average Bonchev–Trinajstić information content (AvgIpc) is 3.64. The number of rotatable bonds is 7. The van der Waals surface area contributed by atoms with E-state index in [1.165, 1.54) is 0 Å². The Bertz CT molecular complexity index is 1400. The predicted octanol–water partition coefficient (Wildman–Crippen LogP) is 5.29. The number of halogens is 2. The van der Waals surface area contributed by atoms with Crippen molar-refractivity contribution in [1.29, 1.82) is 0 Å². The SMILES string of the molecule is CCC(CC1CO[C@@H]2C(O)CO[C@H]12)=Nc1nc(NC2CCc3cc(C4=CNC(C)N=C4)cc(F)c32)c(Cl)cc1C. The number of benzene rings is 1. The van der Waals surface area contributed by atoms with Crippen LogP contribution in [0.3, 0.4) is 0 Å². The highest BCUT2D eigenvalue weighted by atomic mass is 35.5. The third kappa shape index (κ3) is 5.28. The van der Waals surface area contributed by atoms with Crippen molar-refractivity contribution in [1.82, 2.24) is 10.3 Å². The van der Waals surface area contributed by atoms with Crippen molar-refractivity contribution in [3.8, 4) is 0 Å². The molecule has 2 fully saturated rings. The normalized spacial score (nSPS) is 29.2. The summed E-state index contributed by atoms with van der Waals surface area (Å²) in [6.07, 6.45) is 5.70. The van der Waals surface area contributed by atoms with Gasteiger partial charge in [-0.3, -0.25) is 4.99 Å². The van der Waals surface area contributed by atoms with E-state index in [1.54, 1.807) is 12.3 Å². The van der Waals surface area contributed by atoms with Gasteiger partial charge < -0.3 is 25.2 Å². The largest absolute Gasteiger partial charge is 0.388 e. The number of nitrogens with one attached hydrogen (secondary N) is 2. The Morgan fingerprint density at radius 3 is 2.85 bits per heavy atom. The summed E-state index contributed by atoms with van der Waals surface area (Å²) in [6, 6.07) is 5.23. The quantitative estimate of drug-likeness (QED) is 0.393. The minimum Gasteiger partial charge on any atom is -0.388 e. The first-order valence-corrected chi connectivity index (χ1v) is 14.4. The lowest BCUT2D eigenvalue weighted by Gasteiger charge is -2.19. The molecule has 4 heterocycles. The number of pyridine rings is 1. The molecule has 40 heavy (non-hydrogen) atoms. The second kappa shape index (κ2) is 11.2. The first kappa shape index (κ1) is 27.3. The number of aryl methyl sites for hydroxylation is 2. The van der Waals surface area contributed by atoms with Crippen LogP contribution in [-0.4, -0.2) is 59.7 Å². The fraction of sp³-hybridized carbons (Fsp3) is 0.500. The van der Waals surface area contributed by atoms with Gasteiger partial charge in [0.15, 0.2) is 5.82 Å². The molecule has 1 aliphatic carbocycles. The van der Waals surface area contributed by atoms with E-state index < -0.39 is 6.10 Å². The number of anilines is 1. The fourth-order valence-electron chi connectivity index (χ4n) is 6.07. The number of aromatic nitrogens is 1. The monoisotopic (exact) mass is 567 g/mol. The molecule has 0 radical (unpaired) electrons. The molecule has 1 aromatic heterocycles. The lowest BCUT2D eigenvalue weighted by Crippen LogP contribution is -2.29. The molecule has 0 bridgehead atoms. The Morgan fingerprint density at radius 2 is 2.08 bits per heavy atom. The van der Waals surface area contributed by atoms with Crippen molar-refractivity contribution >= 4 is 40.7 Å². The van der Waals surface area contributed by atoms with Crippen LogP contribution in [0.4, 0.5) is 16.0 Å². The number of ether oxygens (including phenoxy) is 2. The molecule has 6 atom stereocenters. The molecule has 10 heteroatoms. The van der Waals surface area contributed by atoms with Gasteiger partial charge in [0.25, 0.3) is 0 Å². The third-order valence-corrected chi connectivity index (χ3v) is 8.56. The van der Waals surface area contributed by atoms with E-state index >= 15 is 4.39 Å². The Hall–Kier alpha value is -2.85. The number of fused-ring (bicyclic) bond motifs is 2. The van der Waals surface area contributed by atoms with Crippen LogP contribution in [0.25, 0.3) is 5.57 Å². The van der Waals surface area contributed by atoms with Gasteiger partial charge in [-0.1, -0.05) is 24.6 Å². The van der Waals surface area contributed by atoms with Crippen LogP contribution in [0.5, 0.6) is 0 Å². The zero-order chi connectivity index (χ0) is 28.0. The zero-order valence-corrected chi connectivity index (χ0v) is 23.7. The van der Waals surface area contributed by atoms with Crippen LogP contribution in [-0.2, 0) is 15.9 Å². The van der Waals surface area contributed by atoms with Crippen molar-refractivity contribution in [2.75, 3.05) is 18.5 Å². The van der Waals surface area contributed by atoms with Gasteiger partial charge in [-0.15, -0.1) is 0 Å². The van der Waals surface area contributed by atoms with Gasteiger partial charge >= 0.3 is 0 Å². The van der Waals surface area contributed by atoms with Crippen molar-refractivity contribution < 1.29 is 19.0 Å². The van der Waals surface area contributed by atoms with E-state index in [0.717, 1.165) is 47.2 Å². The van der Waals surface area contributed by atoms with Gasteiger partial charge in [0.2, 0.25) is 0 Å². The molecule has 0 spiro atoms. The Morgan fingerprint density at radius 1 is 1.25 bits per heavy atom. The van der Waals surface area contributed by atoms with E-state index in [0.29, 0.717) is 41.9 Å². The van der Waals surface area contributed by atoms with Gasteiger partial charge in [0, 0.05) is 35.2 Å². The molecule has 3 N–H and O–H groups in total. The molecule has 0 amide bonds. The predicted molar refractivity (Wildman–Crippen MR) is 155 cm³/mol. The maximum Gasteiger partial charge on any atom is 0.157 e. The van der Waals surface area contributed by atoms with Crippen LogP contribution >= 0.6 is 11.6 Å². The Kier molecular flexibility index (Phi) is 7.65. The number of nitrogens with zero attached hydrogens (tertiary/aromatic N) is 3. The minimum atomic E-state index is -0.568. The van der Waals surface area contributed by atoms with Crippen molar-refractivity contribution in [3.05, 3.63) is 57.5 Å². The summed E-state index contributed by atoms with van der Waals surface area (Å²) in [5.41, 5.74) is 5.16. The Labute approximate surface area is 238 Å². The topological polar surface area (TPSA) is 100 Å². The highest BCUT2D eigenvalue weighted by molar-refractivity contribution is 6.33. The molecule has 4 unspecified atom stereocenters. The molecular weight excluding hydrogens is 533 g/mol. The Balaban J connectivity index is 1.21. The van der Waals surface area contributed by atoms with Crippen molar-refractivity contribution in [2.24, 2.45) is 15.9 Å². The third-order valence-electron chi connectivity index (χ3n) is 8.27. The van der Waals surface area contributed by atoms with Gasteiger partial charge in [-0.25, -0.2) is 14.4 Å². The van der Waals surface area contributed by atoms with E-state index in [2.05, 4.69) is 22.5 Å². The maximum atomic E-state index is 15.5. The molecule has 6 rings (SSSR count). The van der Waals surface area contributed by atoms with Crippen molar-refractivity contribution in [3.63, 3.8) is 0 Å². The standard InChI is InChI=1S/C30H35ClFN5O3/c1-4-21(9-19-13-39-28-25(38)14-40-27(19)28)35-29-15(2)7-22(31)30(37-29)36-24-6-5-17-8-18(10-23(32)26(17)24)20-11-33-16(3)34-12-20/h7-8,10-12,16,19,24-25,27-28,33,38H,4-6,9,13-14H2,1-3H3,(H,36,37)/t16?,19?,24?,25?,27-,28-/m1/s1. The fourth-order valence-corrected chi connectivity index (χ4v) is 6.33. The molecule has 2 saturated heterocycles. The van der Waals surface area contributed by atoms with E-state index in [-0.39, 0.29) is 36.2 Å². The highest BCUT2D eigenvalue weighted by Gasteiger charge is 2.47. The first-order valence-electron chi connectivity index (χ1n) is 14.0. The smallest absolute Gasteiger partial charge is 0.157 e. The summed E-state index contributed by atoms with van der Waals surface area (Å²) >= 11 is 6.61. The highest BCUT2D eigenvalue weighted by Crippen LogP contribution is 2.40. The second-order valence-corrected chi connectivity index (χ2v) is 11.5. The number of aliphatic imine (C=N–C) groups is 2. The minimum absolute atomic E-state index is 0.0189. The van der Waals surface area contributed by atoms with Gasteiger partial charge in [-0.2, -0.15) is 0 Å². The number of hydrogen-bond donors (Lipinski definition) is 3. The van der Waals surface area contributed by atoms with Crippen LogP contribution in [0.2, 0.25) is 5.02 Å². The summed E-state index contributed by atoms with van der Waals surface area (Å²) in [4.78, 5) is 14.1. The number of hydrogen-bond acceptors (Lipinski definition) is 8. The lowest BCUT2D eigenvalue weighted by molar-refractivity contribution is 0.0170. The van der Waals surface area contributed by atoms with Crippen LogP contribution in [0.15, 0.2) is 34.4 Å². The summed E-state index contributed by atoms with van der Waals surface area (Å²) in [5, 5.41) is 17.1. The van der Waals surface area contributed by atoms with E-state index in [4.69, 9.17) is 31.1 Å². The zero-order valence-electron chi connectivity index (χ0n) is 23.0. The summed E-state index contributed by atoms with van der Waals surface area (Å²) in [7, 11) is 0. The molecule has 1 aromatic carbocycles. The number of aliphatic hydroxyl groups is 1. The van der Waals surface area contributed by atoms with Crippen LogP contribution < -0.4 is 10.6 Å². The second-order valence-electron chi connectivity index (χ2n) is 11.1. The van der Waals surface area contributed by atoms with Crippen molar-refractivity contribution in [2.45, 2.75) is 77.0 Å². The molecule has 4 aliphatic rings. The van der Waals surface area contributed by atoms with Crippen LogP contribution in [0.1, 0.15) is 61.4 Å². The molecule has 2 aromatic rings. The molecule has 0 saturated carbocycles. The molecular formula is C30H35ClFN5O3. The summed E-state index contributed by atoms with van der Waals surface area (Å²) < 4.78 is 27.1. The molecule has 8 nitrogen and oxygen atoms in total. The molecule has 3 aliphatic heterocycles. The van der Waals surface area contributed by atoms with Gasteiger partial charge in [0.05, 0.1) is 30.4 Å². The summed E-state index contributed by atoms with van der Waals surface area (Å²) in [5.74, 6) is 0.978. The maximum absolute atomic E-state index is 15.5. The van der Waals surface area contributed by atoms with Crippen LogP contribution in [0, 0.1) is 18.7 Å².